The van der Waals surface area contributed by atoms with Gasteiger partial charge in [-0.05, 0) is 15.9 Å². The third-order valence-corrected chi connectivity index (χ3v) is 2.02. The average molecular weight is 261 g/mol. The Morgan fingerprint density at radius 2 is 2.21 bits per heavy atom. The predicted molar refractivity (Wildman–Crippen MR) is 58.1 cm³/mol. The molecular formula is C8H13BrN4O. The smallest absolute Gasteiger partial charge is 0.222 e. The molecule has 1 atom stereocenters. The summed E-state index contributed by atoms with van der Waals surface area (Å²) >= 11 is 3.26. The molecule has 5 nitrogen and oxygen atoms in total. The minimum atomic E-state index is 0.0428. The number of nitrogens with two attached hydrogens (primary N) is 1. The zero-order valence-electron chi connectivity index (χ0n) is 7.90. The molecular weight excluding hydrogens is 248 g/mol. The van der Waals surface area contributed by atoms with E-state index in [0.29, 0.717) is 19.1 Å². The molecule has 78 valence electrons. The molecule has 1 rings (SSSR count). The van der Waals surface area contributed by atoms with Crippen molar-refractivity contribution in [2.45, 2.75) is 6.04 Å². The third-order valence-electron chi connectivity index (χ3n) is 1.61. The molecule has 0 aromatic carbocycles. The number of hydrogen-bond acceptors (Lipinski definition) is 5. The highest BCUT2D eigenvalue weighted by molar-refractivity contribution is 9.10. The molecule has 0 saturated heterocycles. The molecule has 14 heavy (non-hydrogen) atoms. The summed E-state index contributed by atoms with van der Waals surface area (Å²) in [7, 11) is 1.63. The van der Waals surface area contributed by atoms with Gasteiger partial charge in [0.05, 0.1) is 17.1 Å². The van der Waals surface area contributed by atoms with Gasteiger partial charge in [0.2, 0.25) is 5.95 Å². The van der Waals surface area contributed by atoms with Crippen LogP contribution >= 0.6 is 15.9 Å². The highest BCUT2D eigenvalue weighted by Gasteiger charge is 2.06. The van der Waals surface area contributed by atoms with E-state index in [0.717, 1.165) is 4.47 Å². The molecule has 6 heteroatoms. The molecule has 0 fully saturated rings. The van der Waals surface area contributed by atoms with E-state index < -0.39 is 0 Å². The number of ether oxygens (including phenoxy) is 1. The lowest BCUT2D eigenvalue weighted by Crippen LogP contribution is -2.33. The van der Waals surface area contributed by atoms with Crippen LogP contribution in [0.2, 0.25) is 0 Å². The number of aromatic nitrogens is 2. The van der Waals surface area contributed by atoms with E-state index in [4.69, 9.17) is 10.5 Å². The molecule has 1 unspecified atom stereocenters. The van der Waals surface area contributed by atoms with Crippen LogP contribution in [0.1, 0.15) is 0 Å². The van der Waals surface area contributed by atoms with E-state index in [-0.39, 0.29) is 6.04 Å². The molecule has 0 bridgehead atoms. The minimum absolute atomic E-state index is 0.0428. The Labute approximate surface area is 91.2 Å². The van der Waals surface area contributed by atoms with Crippen molar-refractivity contribution in [3.8, 4) is 0 Å². The largest absolute Gasteiger partial charge is 0.383 e. The Bertz CT molecular complexity index is 267. The summed E-state index contributed by atoms with van der Waals surface area (Å²) < 4.78 is 5.83. The number of nitrogens with one attached hydrogen (secondary N) is 1. The summed E-state index contributed by atoms with van der Waals surface area (Å²) in [6.07, 6.45) is 3.35. The molecule has 0 aliphatic heterocycles. The van der Waals surface area contributed by atoms with Gasteiger partial charge in [0.15, 0.2) is 0 Å². The van der Waals surface area contributed by atoms with Crippen LogP contribution in [-0.4, -0.2) is 36.3 Å². The summed E-state index contributed by atoms with van der Waals surface area (Å²) in [6, 6.07) is 0.0428. The molecule has 0 amide bonds. The van der Waals surface area contributed by atoms with Crippen molar-refractivity contribution in [1.82, 2.24) is 9.97 Å². The van der Waals surface area contributed by atoms with Crippen molar-refractivity contribution >= 4 is 21.9 Å². The van der Waals surface area contributed by atoms with Crippen LogP contribution in [0.5, 0.6) is 0 Å². The summed E-state index contributed by atoms with van der Waals surface area (Å²) in [6.45, 7) is 1.02. The molecule has 1 aromatic heterocycles. The van der Waals surface area contributed by atoms with Gasteiger partial charge in [0, 0.05) is 26.0 Å². The van der Waals surface area contributed by atoms with Gasteiger partial charge >= 0.3 is 0 Å². The summed E-state index contributed by atoms with van der Waals surface area (Å²) in [5.74, 6) is 0.556. The maximum Gasteiger partial charge on any atom is 0.222 e. The lowest BCUT2D eigenvalue weighted by molar-refractivity contribution is 0.187. The van der Waals surface area contributed by atoms with E-state index in [1.165, 1.54) is 0 Å². The van der Waals surface area contributed by atoms with Gasteiger partial charge in [-0.15, -0.1) is 0 Å². The second-order valence-electron chi connectivity index (χ2n) is 2.76. The minimum Gasteiger partial charge on any atom is -0.383 e. The van der Waals surface area contributed by atoms with E-state index in [1.807, 2.05) is 0 Å². The monoisotopic (exact) mass is 260 g/mol. The Morgan fingerprint density at radius 3 is 2.71 bits per heavy atom. The van der Waals surface area contributed by atoms with Gasteiger partial charge in [-0.25, -0.2) is 9.97 Å². The number of anilines is 1. The van der Waals surface area contributed by atoms with E-state index in [1.54, 1.807) is 19.5 Å². The van der Waals surface area contributed by atoms with Crippen LogP contribution < -0.4 is 11.1 Å². The molecule has 0 spiro atoms. The molecule has 1 aromatic rings. The maximum absolute atomic E-state index is 5.53. The quantitative estimate of drug-likeness (QED) is 0.813. The second kappa shape index (κ2) is 5.90. The van der Waals surface area contributed by atoms with Crippen molar-refractivity contribution in [3.63, 3.8) is 0 Å². The van der Waals surface area contributed by atoms with Crippen molar-refractivity contribution in [1.29, 1.82) is 0 Å². The first kappa shape index (κ1) is 11.4. The number of rotatable bonds is 5. The summed E-state index contributed by atoms with van der Waals surface area (Å²) in [5.41, 5.74) is 5.53. The topological polar surface area (TPSA) is 73.1 Å². The first-order chi connectivity index (χ1) is 6.76. The number of methoxy groups -OCH3 is 1. The molecule has 0 aliphatic rings. The molecule has 1 heterocycles. The van der Waals surface area contributed by atoms with Gasteiger partial charge in [-0.2, -0.15) is 0 Å². The van der Waals surface area contributed by atoms with Gasteiger partial charge in [-0.1, -0.05) is 0 Å². The number of halogens is 1. The zero-order chi connectivity index (χ0) is 10.4. The molecule has 0 saturated carbocycles. The predicted octanol–water partition coefficient (Wildman–Crippen LogP) is 0.625. The SMILES string of the molecule is COCC(CN)Nc1ncc(Br)cn1. The Hall–Kier alpha value is -0.720. The molecule has 3 N–H and O–H groups in total. The van der Waals surface area contributed by atoms with E-state index >= 15 is 0 Å². The zero-order valence-corrected chi connectivity index (χ0v) is 9.49. The average Bonchev–Trinajstić information content (AvgIpc) is 2.20. The fourth-order valence-electron chi connectivity index (χ4n) is 0.939. The lowest BCUT2D eigenvalue weighted by Gasteiger charge is -2.15. The van der Waals surface area contributed by atoms with Gasteiger partial charge < -0.3 is 15.8 Å². The first-order valence-corrected chi connectivity index (χ1v) is 4.98. The normalized spacial score (nSPS) is 12.5. The van der Waals surface area contributed by atoms with E-state index in [9.17, 15) is 0 Å². The van der Waals surface area contributed by atoms with Crippen molar-refractivity contribution in [2.75, 3.05) is 25.6 Å². The summed E-state index contributed by atoms with van der Waals surface area (Å²) in [4.78, 5) is 8.14. The van der Waals surface area contributed by atoms with Crippen LogP contribution in [0.3, 0.4) is 0 Å². The number of hydrogen-bond donors (Lipinski definition) is 2. The standard InChI is InChI=1S/C8H13BrN4O/c1-14-5-7(2-10)13-8-11-3-6(9)4-12-8/h3-4,7H,2,5,10H2,1H3,(H,11,12,13). The molecule has 0 radical (unpaired) electrons. The van der Waals surface area contributed by atoms with Gasteiger partial charge in [-0.3, -0.25) is 0 Å². The lowest BCUT2D eigenvalue weighted by atomic mass is 10.3. The maximum atomic E-state index is 5.53. The van der Waals surface area contributed by atoms with Crippen molar-refractivity contribution in [2.24, 2.45) is 5.73 Å². The van der Waals surface area contributed by atoms with Crippen LogP contribution in [0, 0.1) is 0 Å². The van der Waals surface area contributed by atoms with Crippen LogP contribution in [0.4, 0.5) is 5.95 Å². The van der Waals surface area contributed by atoms with Crippen molar-refractivity contribution in [3.05, 3.63) is 16.9 Å². The molecule has 0 aliphatic carbocycles. The fraction of sp³-hybridized carbons (Fsp3) is 0.500. The fourth-order valence-corrected chi connectivity index (χ4v) is 1.14. The third kappa shape index (κ3) is 3.57. The second-order valence-corrected chi connectivity index (χ2v) is 3.67. The first-order valence-electron chi connectivity index (χ1n) is 4.19. The Morgan fingerprint density at radius 1 is 1.57 bits per heavy atom. The highest BCUT2D eigenvalue weighted by atomic mass is 79.9. The van der Waals surface area contributed by atoms with Crippen molar-refractivity contribution < 1.29 is 4.74 Å². The van der Waals surface area contributed by atoms with Crippen LogP contribution in [0.15, 0.2) is 16.9 Å². The summed E-state index contributed by atoms with van der Waals surface area (Å²) in [5, 5.41) is 3.06. The highest BCUT2D eigenvalue weighted by Crippen LogP contribution is 2.07. The van der Waals surface area contributed by atoms with Crippen LogP contribution in [-0.2, 0) is 4.74 Å². The van der Waals surface area contributed by atoms with Gasteiger partial charge in [0.25, 0.3) is 0 Å². The Balaban J connectivity index is 2.53. The number of nitrogens with zero attached hydrogens (tertiary/aromatic N) is 2. The van der Waals surface area contributed by atoms with Crippen LogP contribution in [0.25, 0.3) is 0 Å². The Kier molecular flexibility index (Phi) is 4.78. The van der Waals surface area contributed by atoms with E-state index in [2.05, 4.69) is 31.2 Å². The van der Waals surface area contributed by atoms with Gasteiger partial charge in [0.1, 0.15) is 0 Å².